The van der Waals surface area contributed by atoms with Crippen molar-refractivity contribution in [2.45, 2.75) is 30.8 Å². The van der Waals surface area contributed by atoms with Crippen LogP contribution in [0.4, 0.5) is 0 Å². The minimum absolute atomic E-state index is 0.0719. The lowest BCUT2D eigenvalue weighted by Gasteiger charge is -2.14. The first-order chi connectivity index (χ1) is 11.5. The molecule has 0 radical (unpaired) electrons. The van der Waals surface area contributed by atoms with Gasteiger partial charge in [-0.3, -0.25) is 0 Å². The summed E-state index contributed by atoms with van der Waals surface area (Å²) in [5.41, 5.74) is 2.81. The van der Waals surface area contributed by atoms with Crippen molar-refractivity contribution in [2.75, 3.05) is 13.2 Å². The van der Waals surface area contributed by atoms with Crippen LogP contribution in [0.15, 0.2) is 47.4 Å². The normalized spacial score (nSPS) is 14.9. The van der Waals surface area contributed by atoms with Gasteiger partial charge in [-0.2, -0.15) is 0 Å². The Morgan fingerprint density at radius 2 is 1.96 bits per heavy atom. The molecule has 0 saturated heterocycles. The van der Waals surface area contributed by atoms with Crippen molar-refractivity contribution in [3.05, 3.63) is 59.2 Å². The van der Waals surface area contributed by atoms with E-state index in [1.807, 2.05) is 19.1 Å². The number of aryl methyl sites for hydroxylation is 1. The molecule has 0 aliphatic carbocycles. The van der Waals surface area contributed by atoms with Gasteiger partial charge in [-0.25, -0.2) is 13.1 Å². The van der Waals surface area contributed by atoms with E-state index in [0.29, 0.717) is 12.2 Å². The molecule has 128 valence electrons. The zero-order valence-electron chi connectivity index (χ0n) is 13.5. The van der Waals surface area contributed by atoms with E-state index in [2.05, 4.69) is 4.72 Å². The summed E-state index contributed by atoms with van der Waals surface area (Å²) in [6, 6.07) is 12.2. The number of nitrogens with one attached hydrogen (secondary N) is 1. The van der Waals surface area contributed by atoms with Crippen molar-refractivity contribution in [1.82, 2.24) is 4.72 Å². The molecule has 1 heterocycles. The molecule has 1 aliphatic heterocycles. The topological polar surface area (TPSA) is 75.6 Å². The Labute approximate surface area is 142 Å². The van der Waals surface area contributed by atoms with Gasteiger partial charge in [-0.05, 0) is 47.4 Å². The fourth-order valence-electron chi connectivity index (χ4n) is 2.71. The molecule has 24 heavy (non-hydrogen) atoms. The molecule has 2 N–H and O–H groups in total. The van der Waals surface area contributed by atoms with Gasteiger partial charge in [0.05, 0.1) is 17.6 Å². The Bertz CT molecular complexity index is 815. The minimum Gasteiger partial charge on any atom is -0.493 e. The predicted molar refractivity (Wildman–Crippen MR) is 91.6 cm³/mol. The maximum atomic E-state index is 12.3. The third-order valence-corrected chi connectivity index (χ3v) is 5.65. The molecule has 3 rings (SSSR count). The van der Waals surface area contributed by atoms with E-state index in [0.717, 1.165) is 29.7 Å². The fourth-order valence-corrected chi connectivity index (χ4v) is 3.75. The highest BCUT2D eigenvalue weighted by molar-refractivity contribution is 7.89. The van der Waals surface area contributed by atoms with Crippen LogP contribution in [0.25, 0.3) is 0 Å². The molecule has 1 unspecified atom stereocenters. The van der Waals surface area contributed by atoms with E-state index in [1.54, 1.807) is 30.3 Å². The van der Waals surface area contributed by atoms with Crippen molar-refractivity contribution in [3.63, 3.8) is 0 Å². The van der Waals surface area contributed by atoms with E-state index in [4.69, 9.17) is 4.74 Å². The molecule has 2 aromatic carbocycles. The van der Waals surface area contributed by atoms with Crippen molar-refractivity contribution in [1.29, 1.82) is 0 Å². The fraction of sp³-hybridized carbons (Fsp3) is 0.333. The lowest BCUT2D eigenvalue weighted by Crippen LogP contribution is -2.28. The molecular formula is C18H21NO4S. The van der Waals surface area contributed by atoms with Gasteiger partial charge in [0, 0.05) is 13.0 Å². The molecule has 1 aliphatic rings. The average Bonchev–Trinajstić information content (AvgIpc) is 3.07. The molecule has 0 fully saturated rings. The van der Waals surface area contributed by atoms with Crippen molar-refractivity contribution >= 4 is 10.0 Å². The number of aliphatic hydroxyl groups is 1. The van der Waals surface area contributed by atoms with Crippen molar-refractivity contribution in [2.24, 2.45) is 0 Å². The Hall–Kier alpha value is -1.89. The minimum atomic E-state index is -3.63. The van der Waals surface area contributed by atoms with Gasteiger partial charge in [0.25, 0.3) is 0 Å². The second-order valence-corrected chi connectivity index (χ2v) is 7.60. The summed E-state index contributed by atoms with van der Waals surface area (Å²) >= 11 is 0. The highest BCUT2D eigenvalue weighted by Gasteiger charge is 2.19. The lowest BCUT2D eigenvalue weighted by molar-refractivity contribution is 0.182. The summed E-state index contributed by atoms with van der Waals surface area (Å²) < 4.78 is 32.5. The Morgan fingerprint density at radius 1 is 1.21 bits per heavy atom. The number of benzene rings is 2. The molecule has 1 atom stereocenters. The van der Waals surface area contributed by atoms with Gasteiger partial charge >= 0.3 is 0 Å². The molecule has 0 amide bonds. The zero-order chi connectivity index (χ0) is 17.2. The van der Waals surface area contributed by atoms with Gasteiger partial charge in [0.2, 0.25) is 10.0 Å². The third-order valence-electron chi connectivity index (χ3n) is 4.21. The average molecular weight is 347 g/mol. The monoisotopic (exact) mass is 347 g/mol. The Balaban J connectivity index is 1.67. The van der Waals surface area contributed by atoms with Crippen molar-refractivity contribution in [3.8, 4) is 5.75 Å². The van der Waals surface area contributed by atoms with Gasteiger partial charge in [0.1, 0.15) is 5.75 Å². The van der Waals surface area contributed by atoms with Crippen LogP contribution in [0.2, 0.25) is 0 Å². The standard InChI is InChI=1S/C18H21NO4S/c1-2-13-3-6-16(7-4-13)24(21,22)19-12-17(20)14-5-8-18-15(11-14)9-10-23-18/h3-8,11,17,19-20H,2,9-10,12H2,1H3. The maximum absolute atomic E-state index is 12.3. The van der Waals surface area contributed by atoms with Gasteiger partial charge in [-0.1, -0.05) is 25.1 Å². The van der Waals surface area contributed by atoms with Crippen LogP contribution in [0.3, 0.4) is 0 Å². The number of sulfonamides is 1. The van der Waals surface area contributed by atoms with Gasteiger partial charge in [-0.15, -0.1) is 0 Å². The molecule has 6 heteroatoms. The molecule has 5 nitrogen and oxygen atoms in total. The van der Waals surface area contributed by atoms with Crippen LogP contribution in [0, 0.1) is 0 Å². The zero-order valence-corrected chi connectivity index (χ0v) is 14.3. The van der Waals surface area contributed by atoms with Crippen LogP contribution in [0.5, 0.6) is 5.75 Å². The molecule has 2 aromatic rings. The van der Waals surface area contributed by atoms with Crippen LogP contribution in [-0.4, -0.2) is 26.7 Å². The summed E-state index contributed by atoms with van der Waals surface area (Å²) in [5, 5.41) is 10.3. The van der Waals surface area contributed by atoms with Crippen LogP contribution < -0.4 is 9.46 Å². The number of ether oxygens (including phenoxy) is 1. The maximum Gasteiger partial charge on any atom is 0.240 e. The van der Waals surface area contributed by atoms with Gasteiger partial charge < -0.3 is 9.84 Å². The summed E-state index contributed by atoms with van der Waals surface area (Å²) in [5.74, 6) is 0.836. The van der Waals surface area contributed by atoms with Crippen LogP contribution in [-0.2, 0) is 22.9 Å². The van der Waals surface area contributed by atoms with E-state index in [-0.39, 0.29) is 11.4 Å². The summed E-state index contributed by atoms with van der Waals surface area (Å²) in [4.78, 5) is 0.203. The number of aliphatic hydroxyl groups excluding tert-OH is 1. The van der Waals surface area contributed by atoms with Gasteiger partial charge in [0.15, 0.2) is 0 Å². The SMILES string of the molecule is CCc1ccc(S(=O)(=O)NCC(O)c2ccc3c(c2)CCO3)cc1. The quantitative estimate of drug-likeness (QED) is 0.840. The summed E-state index contributed by atoms with van der Waals surface area (Å²) in [7, 11) is -3.63. The van der Waals surface area contributed by atoms with E-state index in [9.17, 15) is 13.5 Å². The molecule has 0 spiro atoms. The van der Waals surface area contributed by atoms with Crippen LogP contribution >= 0.6 is 0 Å². The molecule has 0 saturated carbocycles. The highest BCUT2D eigenvalue weighted by atomic mass is 32.2. The predicted octanol–water partition coefficient (Wildman–Crippen LogP) is 2.20. The Kier molecular flexibility index (Phi) is 4.89. The molecular weight excluding hydrogens is 326 g/mol. The second kappa shape index (κ2) is 6.93. The number of hydrogen-bond donors (Lipinski definition) is 2. The number of hydrogen-bond acceptors (Lipinski definition) is 4. The smallest absolute Gasteiger partial charge is 0.240 e. The van der Waals surface area contributed by atoms with E-state index in [1.165, 1.54) is 0 Å². The summed E-state index contributed by atoms with van der Waals surface area (Å²) in [6.45, 7) is 2.59. The molecule has 0 aromatic heterocycles. The third kappa shape index (κ3) is 3.61. The first kappa shape index (κ1) is 17.0. The Morgan fingerprint density at radius 3 is 2.67 bits per heavy atom. The highest BCUT2D eigenvalue weighted by Crippen LogP contribution is 2.28. The largest absolute Gasteiger partial charge is 0.493 e. The van der Waals surface area contributed by atoms with E-state index >= 15 is 0 Å². The van der Waals surface area contributed by atoms with Crippen molar-refractivity contribution < 1.29 is 18.3 Å². The summed E-state index contributed by atoms with van der Waals surface area (Å²) in [6.07, 6.45) is 0.764. The number of fused-ring (bicyclic) bond motifs is 1. The lowest BCUT2D eigenvalue weighted by atomic mass is 10.0. The number of rotatable bonds is 6. The first-order valence-electron chi connectivity index (χ1n) is 8.02. The van der Waals surface area contributed by atoms with Crippen LogP contribution in [0.1, 0.15) is 29.7 Å². The second-order valence-electron chi connectivity index (χ2n) is 5.83. The molecule has 0 bridgehead atoms. The van der Waals surface area contributed by atoms with E-state index < -0.39 is 16.1 Å². The first-order valence-corrected chi connectivity index (χ1v) is 9.50.